The lowest BCUT2D eigenvalue weighted by molar-refractivity contribution is -0.114. The summed E-state index contributed by atoms with van der Waals surface area (Å²) in [5.74, 6) is 0.862. The van der Waals surface area contributed by atoms with Crippen molar-refractivity contribution in [1.82, 2.24) is 10.2 Å². The molecule has 0 atom stereocenters. The second-order valence-electron chi connectivity index (χ2n) is 5.37. The zero-order valence-corrected chi connectivity index (χ0v) is 11.7. The molecule has 0 saturated carbocycles. The number of nitrogens with zero attached hydrogens (tertiary/aromatic N) is 1. The van der Waals surface area contributed by atoms with Gasteiger partial charge in [-0.1, -0.05) is 0 Å². The SMILES string of the molecule is O=C1C=C(Nc2ccc3c(c2)OCc2cc(=O)[nH]nc2-3)CC1. The molecule has 110 valence electrons. The fourth-order valence-corrected chi connectivity index (χ4v) is 2.74. The minimum atomic E-state index is -0.234. The van der Waals surface area contributed by atoms with Gasteiger partial charge < -0.3 is 10.1 Å². The number of hydrogen-bond donors (Lipinski definition) is 2. The molecule has 2 aromatic rings. The molecule has 1 aromatic heterocycles. The molecule has 4 rings (SSSR count). The third kappa shape index (κ3) is 2.18. The van der Waals surface area contributed by atoms with Crippen molar-refractivity contribution in [2.24, 2.45) is 0 Å². The van der Waals surface area contributed by atoms with Crippen molar-refractivity contribution >= 4 is 11.5 Å². The van der Waals surface area contributed by atoms with E-state index >= 15 is 0 Å². The molecule has 1 aromatic carbocycles. The van der Waals surface area contributed by atoms with E-state index in [-0.39, 0.29) is 11.3 Å². The van der Waals surface area contributed by atoms with E-state index in [9.17, 15) is 9.59 Å². The molecule has 0 fully saturated rings. The predicted octanol–water partition coefficient (Wildman–Crippen LogP) is 1.99. The zero-order valence-electron chi connectivity index (χ0n) is 11.7. The summed E-state index contributed by atoms with van der Waals surface area (Å²) in [6.45, 7) is 0.323. The highest BCUT2D eigenvalue weighted by molar-refractivity contribution is 5.93. The summed E-state index contributed by atoms with van der Waals surface area (Å²) in [6, 6.07) is 7.20. The Morgan fingerprint density at radius 3 is 2.91 bits per heavy atom. The number of hydrogen-bond acceptors (Lipinski definition) is 5. The van der Waals surface area contributed by atoms with Crippen molar-refractivity contribution in [3.8, 4) is 17.0 Å². The lowest BCUT2D eigenvalue weighted by Crippen LogP contribution is -2.15. The fourth-order valence-electron chi connectivity index (χ4n) is 2.74. The Labute approximate surface area is 125 Å². The summed E-state index contributed by atoms with van der Waals surface area (Å²) in [7, 11) is 0. The van der Waals surface area contributed by atoms with Gasteiger partial charge in [-0.3, -0.25) is 9.59 Å². The molecule has 2 heterocycles. The summed E-state index contributed by atoms with van der Waals surface area (Å²) in [5.41, 5.74) is 3.92. The van der Waals surface area contributed by atoms with E-state index in [0.29, 0.717) is 18.8 Å². The van der Waals surface area contributed by atoms with E-state index in [1.165, 1.54) is 6.07 Å². The number of allylic oxidation sites excluding steroid dienone is 2. The maximum atomic E-state index is 11.3. The van der Waals surface area contributed by atoms with Crippen LogP contribution >= 0.6 is 0 Å². The van der Waals surface area contributed by atoms with Gasteiger partial charge in [0.1, 0.15) is 18.1 Å². The topological polar surface area (TPSA) is 84.1 Å². The summed E-state index contributed by atoms with van der Waals surface area (Å²) in [6.07, 6.45) is 2.94. The Morgan fingerprint density at radius 2 is 2.09 bits per heavy atom. The standard InChI is InChI=1S/C16H13N3O3/c20-12-3-1-10(6-12)17-11-2-4-13-14(7-11)22-8-9-5-15(21)18-19-16(9)13/h2,4-7,17H,1,3,8H2,(H,18,21). The highest BCUT2D eigenvalue weighted by Gasteiger charge is 2.20. The molecule has 0 bridgehead atoms. The van der Waals surface area contributed by atoms with Crippen LogP contribution in [0.15, 0.2) is 40.8 Å². The number of nitrogens with one attached hydrogen (secondary N) is 2. The van der Waals surface area contributed by atoms with Crippen molar-refractivity contribution in [3.05, 3.63) is 52.0 Å². The van der Waals surface area contributed by atoms with E-state index in [4.69, 9.17) is 4.74 Å². The number of anilines is 1. The summed E-state index contributed by atoms with van der Waals surface area (Å²) in [5, 5.41) is 9.80. The third-order valence-corrected chi connectivity index (χ3v) is 3.79. The third-order valence-electron chi connectivity index (χ3n) is 3.79. The second-order valence-corrected chi connectivity index (χ2v) is 5.37. The van der Waals surface area contributed by atoms with Crippen molar-refractivity contribution in [2.75, 3.05) is 5.32 Å². The smallest absolute Gasteiger partial charge is 0.264 e. The average molecular weight is 295 g/mol. The number of rotatable bonds is 2. The van der Waals surface area contributed by atoms with Gasteiger partial charge in [0.15, 0.2) is 5.78 Å². The van der Waals surface area contributed by atoms with Crippen LogP contribution in [0, 0.1) is 0 Å². The maximum absolute atomic E-state index is 11.3. The van der Waals surface area contributed by atoms with Crippen molar-refractivity contribution in [1.29, 1.82) is 0 Å². The fraction of sp³-hybridized carbons (Fsp3) is 0.188. The van der Waals surface area contributed by atoms with Crippen molar-refractivity contribution in [3.63, 3.8) is 0 Å². The maximum Gasteiger partial charge on any atom is 0.264 e. The first-order valence-corrected chi connectivity index (χ1v) is 7.05. The molecule has 0 amide bonds. The molecule has 1 aliphatic heterocycles. The molecule has 2 aliphatic rings. The Balaban J connectivity index is 1.68. The monoisotopic (exact) mass is 295 g/mol. The first-order chi connectivity index (χ1) is 10.7. The van der Waals surface area contributed by atoms with E-state index in [1.807, 2.05) is 18.2 Å². The molecule has 0 saturated heterocycles. The van der Waals surface area contributed by atoms with Crippen molar-refractivity contribution < 1.29 is 9.53 Å². The number of benzene rings is 1. The van der Waals surface area contributed by atoms with Crippen LogP contribution in [0.3, 0.4) is 0 Å². The Kier molecular flexibility index (Phi) is 2.82. The number of ketones is 1. The molecular formula is C16H13N3O3. The molecule has 0 spiro atoms. The largest absolute Gasteiger partial charge is 0.488 e. The number of ether oxygens (including phenoxy) is 1. The average Bonchev–Trinajstić information content (AvgIpc) is 2.91. The van der Waals surface area contributed by atoms with Gasteiger partial charge >= 0.3 is 0 Å². The molecular weight excluding hydrogens is 282 g/mol. The zero-order chi connectivity index (χ0) is 15.1. The van der Waals surface area contributed by atoms with Crippen molar-refractivity contribution in [2.45, 2.75) is 19.4 Å². The van der Waals surface area contributed by atoms with Crippen LogP contribution in [0.2, 0.25) is 0 Å². The van der Waals surface area contributed by atoms with Gasteiger partial charge in [0.2, 0.25) is 0 Å². The minimum Gasteiger partial charge on any atom is -0.488 e. The number of fused-ring (bicyclic) bond motifs is 3. The van der Waals surface area contributed by atoms with Gasteiger partial charge in [0, 0.05) is 47.1 Å². The first-order valence-electron chi connectivity index (χ1n) is 7.05. The quantitative estimate of drug-likeness (QED) is 0.885. The molecule has 6 nitrogen and oxygen atoms in total. The summed E-state index contributed by atoms with van der Waals surface area (Å²) >= 11 is 0. The molecule has 22 heavy (non-hydrogen) atoms. The van der Waals surface area contributed by atoms with Crippen LogP contribution in [0.1, 0.15) is 18.4 Å². The number of aromatic amines is 1. The number of carbonyl (C=O) groups excluding carboxylic acids is 1. The molecule has 1 aliphatic carbocycles. The van der Waals surface area contributed by atoms with Crippen LogP contribution in [0.5, 0.6) is 5.75 Å². The summed E-state index contributed by atoms with van der Waals surface area (Å²) < 4.78 is 5.71. The lowest BCUT2D eigenvalue weighted by atomic mass is 10.0. The van der Waals surface area contributed by atoms with E-state index in [0.717, 1.165) is 34.6 Å². The van der Waals surface area contributed by atoms with Crippen LogP contribution in [0.25, 0.3) is 11.3 Å². The number of aromatic nitrogens is 2. The Morgan fingerprint density at radius 1 is 1.18 bits per heavy atom. The van der Waals surface area contributed by atoms with Gasteiger partial charge in [-0.25, -0.2) is 5.10 Å². The van der Waals surface area contributed by atoms with E-state index < -0.39 is 0 Å². The normalized spacial score (nSPS) is 15.6. The first kappa shape index (κ1) is 12.8. The van der Waals surface area contributed by atoms with Crippen LogP contribution in [0.4, 0.5) is 5.69 Å². The minimum absolute atomic E-state index is 0.152. The molecule has 0 radical (unpaired) electrons. The molecule has 2 N–H and O–H groups in total. The van der Waals surface area contributed by atoms with Crippen LogP contribution < -0.4 is 15.6 Å². The second kappa shape index (κ2) is 4.84. The lowest BCUT2D eigenvalue weighted by Gasteiger charge is -2.20. The van der Waals surface area contributed by atoms with E-state index in [2.05, 4.69) is 15.5 Å². The van der Waals surface area contributed by atoms with E-state index in [1.54, 1.807) is 6.08 Å². The van der Waals surface area contributed by atoms with Gasteiger partial charge in [-0.2, -0.15) is 5.10 Å². The predicted molar refractivity (Wildman–Crippen MR) is 80.6 cm³/mol. The van der Waals surface area contributed by atoms with Gasteiger partial charge in [-0.05, 0) is 18.6 Å². The highest BCUT2D eigenvalue weighted by atomic mass is 16.5. The number of H-pyrrole nitrogens is 1. The van der Waals surface area contributed by atoms with Gasteiger partial charge in [0.05, 0.1) is 0 Å². The van der Waals surface area contributed by atoms with Crippen LogP contribution in [-0.2, 0) is 11.4 Å². The number of carbonyl (C=O) groups is 1. The summed E-state index contributed by atoms with van der Waals surface area (Å²) in [4.78, 5) is 22.6. The van der Waals surface area contributed by atoms with Crippen LogP contribution in [-0.4, -0.2) is 16.0 Å². The Bertz CT molecular complexity index is 867. The molecule has 0 unspecified atom stereocenters. The Hall–Kier alpha value is -2.89. The molecule has 6 heteroatoms. The van der Waals surface area contributed by atoms with Gasteiger partial charge in [0.25, 0.3) is 5.56 Å². The highest BCUT2D eigenvalue weighted by Crippen LogP contribution is 2.37. The van der Waals surface area contributed by atoms with Gasteiger partial charge in [-0.15, -0.1) is 0 Å².